The molecule has 0 fully saturated rings. The number of hydrogen-bond donors (Lipinski definition) is 2. The van der Waals surface area contributed by atoms with Gasteiger partial charge in [0.15, 0.2) is 11.6 Å². The van der Waals surface area contributed by atoms with Crippen LogP contribution >= 0.6 is 0 Å². The van der Waals surface area contributed by atoms with Crippen molar-refractivity contribution in [2.45, 2.75) is 6.54 Å². The third kappa shape index (κ3) is 3.01. The maximum Gasteiger partial charge on any atom is 0.226 e. The summed E-state index contributed by atoms with van der Waals surface area (Å²) in [5, 5.41) is 3.83. The van der Waals surface area contributed by atoms with Gasteiger partial charge in [0.25, 0.3) is 0 Å². The third-order valence-corrected chi connectivity index (χ3v) is 3.91. The first-order valence-corrected chi connectivity index (χ1v) is 7.76. The minimum absolute atomic E-state index is 0.209. The van der Waals surface area contributed by atoms with Crippen molar-refractivity contribution in [2.24, 2.45) is 0 Å². The Morgan fingerprint density at radius 3 is 3.00 bits per heavy atom. The monoisotopic (exact) mass is 335 g/mol. The SMILES string of the molecule is O=C1C=C(NCc2ccccc2F)O/C1=C\c1c[nH]c2ncccc12. The number of aromatic nitrogens is 2. The molecular weight excluding hydrogens is 321 g/mol. The van der Waals surface area contributed by atoms with E-state index in [0.717, 1.165) is 16.6 Å². The van der Waals surface area contributed by atoms with Gasteiger partial charge in [0.2, 0.25) is 5.78 Å². The minimum atomic E-state index is -0.304. The lowest BCUT2D eigenvalue weighted by Crippen LogP contribution is -2.13. The van der Waals surface area contributed by atoms with Crippen molar-refractivity contribution >= 4 is 22.9 Å². The zero-order valence-electron chi connectivity index (χ0n) is 13.1. The summed E-state index contributed by atoms with van der Waals surface area (Å²) >= 11 is 0. The zero-order chi connectivity index (χ0) is 17.2. The molecule has 6 heteroatoms. The Hall–Kier alpha value is -3.41. The molecule has 0 radical (unpaired) electrons. The van der Waals surface area contributed by atoms with Crippen LogP contribution in [0.25, 0.3) is 17.1 Å². The van der Waals surface area contributed by atoms with Crippen LogP contribution in [-0.2, 0) is 16.1 Å². The summed E-state index contributed by atoms with van der Waals surface area (Å²) in [6, 6.07) is 10.2. The summed E-state index contributed by atoms with van der Waals surface area (Å²) in [4.78, 5) is 19.4. The van der Waals surface area contributed by atoms with E-state index in [-0.39, 0.29) is 23.9 Å². The number of benzene rings is 1. The number of carbonyl (C=O) groups excluding carboxylic acids is 1. The highest BCUT2D eigenvalue weighted by Gasteiger charge is 2.21. The number of nitrogens with zero attached hydrogens (tertiary/aromatic N) is 1. The topological polar surface area (TPSA) is 67.0 Å². The van der Waals surface area contributed by atoms with Gasteiger partial charge in [-0.1, -0.05) is 18.2 Å². The average Bonchev–Trinajstić information content (AvgIpc) is 3.19. The number of aromatic amines is 1. The van der Waals surface area contributed by atoms with Crippen molar-refractivity contribution in [2.75, 3.05) is 0 Å². The molecule has 0 unspecified atom stereocenters. The zero-order valence-corrected chi connectivity index (χ0v) is 13.1. The van der Waals surface area contributed by atoms with Crippen molar-refractivity contribution < 1.29 is 13.9 Å². The number of hydrogen-bond acceptors (Lipinski definition) is 4. The first kappa shape index (κ1) is 15.1. The first-order chi connectivity index (χ1) is 12.2. The van der Waals surface area contributed by atoms with Gasteiger partial charge in [0, 0.05) is 41.5 Å². The maximum atomic E-state index is 13.6. The number of rotatable bonds is 4. The summed E-state index contributed by atoms with van der Waals surface area (Å²) in [6.45, 7) is 0.232. The van der Waals surface area contributed by atoms with Gasteiger partial charge in [-0.15, -0.1) is 0 Å². The Balaban J connectivity index is 1.49. The lowest BCUT2D eigenvalue weighted by atomic mass is 10.2. The molecule has 0 atom stereocenters. The Morgan fingerprint density at radius 2 is 2.12 bits per heavy atom. The second kappa shape index (κ2) is 6.24. The third-order valence-electron chi connectivity index (χ3n) is 3.91. The fourth-order valence-corrected chi connectivity index (χ4v) is 2.64. The number of fused-ring (bicyclic) bond motifs is 1. The van der Waals surface area contributed by atoms with Crippen LogP contribution < -0.4 is 5.32 Å². The summed E-state index contributed by atoms with van der Waals surface area (Å²) < 4.78 is 19.2. The Kier molecular flexibility index (Phi) is 3.78. The Morgan fingerprint density at radius 1 is 1.24 bits per heavy atom. The van der Waals surface area contributed by atoms with Gasteiger partial charge in [-0.3, -0.25) is 4.79 Å². The lowest BCUT2D eigenvalue weighted by Gasteiger charge is -2.08. The van der Waals surface area contributed by atoms with E-state index in [1.54, 1.807) is 36.7 Å². The molecular formula is C19H14FN3O2. The van der Waals surface area contributed by atoms with Gasteiger partial charge in [-0.05, 0) is 24.3 Å². The van der Waals surface area contributed by atoms with Crippen molar-refractivity contribution in [3.05, 3.63) is 83.5 Å². The van der Waals surface area contributed by atoms with Crippen LogP contribution in [0.4, 0.5) is 4.39 Å². The standard InChI is InChI=1S/C19H14FN3O2/c20-15-6-2-1-4-12(15)10-22-18-9-16(24)17(25-18)8-13-11-23-19-14(13)5-3-7-21-19/h1-9,11,22H,10H2,(H,21,23)/b17-8-. The van der Waals surface area contributed by atoms with E-state index in [1.807, 2.05) is 12.1 Å². The molecule has 0 aliphatic carbocycles. The Bertz CT molecular complexity index is 1020. The molecule has 1 aromatic carbocycles. The number of ether oxygens (including phenoxy) is 1. The van der Waals surface area contributed by atoms with Gasteiger partial charge in [-0.2, -0.15) is 0 Å². The molecule has 0 amide bonds. The largest absolute Gasteiger partial charge is 0.437 e. The highest BCUT2D eigenvalue weighted by molar-refractivity contribution is 6.08. The number of H-pyrrole nitrogens is 1. The van der Waals surface area contributed by atoms with E-state index in [1.165, 1.54) is 12.1 Å². The normalized spacial score (nSPS) is 15.5. The molecule has 0 bridgehead atoms. The maximum absolute atomic E-state index is 13.6. The molecule has 124 valence electrons. The van der Waals surface area contributed by atoms with Crippen LogP contribution in [0.3, 0.4) is 0 Å². The van der Waals surface area contributed by atoms with Crippen LogP contribution in [0, 0.1) is 5.82 Å². The van der Waals surface area contributed by atoms with E-state index < -0.39 is 0 Å². The van der Waals surface area contributed by atoms with Gasteiger partial charge in [0.05, 0.1) is 0 Å². The quantitative estimate of drug-likeness (QED) is 0.718. The molecule has 3 aromatic rings. The second-order valence-electron chi connectivity index (χ2n) is 5.57. The summed E-state index contributed by atoms with van der Waals surface area (Å²) in [5.41, 5.74) is 2.06. The molecule has 0 spiro atoms. The molecule has 2 aromatic heterocycles. The summed E-state index contributed by atoms with van der Waals surface area (Å²) in [5.74, 6) is -0.0329. The number of halogens is 1. The molecule has 2 N–H and O–H groups in total. The number of carbonyl (C=O) groups is 1. The van der Waals surface area contributed by atoms with Crippen molar-refractivity contribution in [3.8, 4) is 0 Å². The number of allylic oxidation sites excluding steroid dienone is 1. The van der Waals surface area contributed by atoms with E-state index in [4.69, 9.17) is 4.74 Å². The molecule has 1 aliphatic heterocycles. The van der Waals surface area contributed by atoms with Crippen LogP contribution in [-0.4, -0.2) is 15.8 Å². The van der Waals surface area contributed by atoms with Crippen LogP contribution in [0.2, 0.25) is 0 Å². The van der Waals surface area contributed by atoms with Crippen molar-refractivity contribution in [1.82, 2.24) is 15.3 Å². The summed E-state index contributed by atoms with van der Waals surface area (Å²) in [7, 11) is 0. The van der Waals surface area contributed by atoms with E-state index >= 15 is 0 Å². The van der Waals surface area contributed by atoms with Crippen LogP contribution in [0.15, 0.2) is 66.5 Å². The fraction of sp³-hybridized carbons (Fsp3) is 0.0526. The van der Waals surface area contributed by atoms with E-state index in [9.17, 15) is 9.18 Å². The second-order valence-corrected chi connectivity index (χ2v) is 5.57. The van der Waals surface area contributed by atoms with Crippen LogP contribution in [0.5, 0.6) is 0 Å². The highest BCUT2D eigenvalue weighted by Crippen LogP contribution is 2.23. The van der Waals surface area contributed by atoms with Gasteiger partial charge < -0.3 is 15.0 Å². The fourth-order valence-electron chi connectivity index (χ4n) is 2.64. The number of pyridine rings is 1. The van der Waals surface area contributed by atoms with Crippen molar-refractivity contribution in [3.63, 3.8) is 0 Å². The van der Waals surface area contributed by atoms with Crippen LogP contribution in [0.1, 0.15) is 11.1 Å². The molecule has 0 saturated heterocycles. The average molecular weight is 335 g/mol. The molecule has 4 rings (SSSR count). The number of ketones is 1. The van der Waals surface area contributed by atoms with Gasteiger partial charge >= 0.3 is 0 Å². The summed E-state index contributed by atoms with van der Waals surface area (Å²) in [6.07, 6.45) is 6.49. The van der Waals surface area contributed by atoms with Gasteiger partial charge in [0.1, 0.15) is 11.5 Å². The molecule has 1 aliphatic rings. The lowest BCUT2D eigenvalue weighted by molar-refractivity contribution is -0.112. The van der Waals surface area contributed by atoms with E-state index in [0.29, 0.717) is 11.4 Å². The van der Waals surface area contributed by atoms with Crippen molar-refractivity contribution in [1.29, 1.82) is 0 Å². The molecule has 3 heterocycles. The van der Waals surface area contributed by atoms with E-state index in [2.05, 4.69) is 15.3 Å². The molecule has 25 heavy (non-hydrogen) atoms. The molecule has 5 nitrogen and oxygen atoms in total. The molecule has 0 saturated carbocycles. The smallest absolute Gasteiger partial charge is 0.226 e. The first-order valence-electron chi connectivity index (χ1n) is 7.76. The Labute approximate surface area is 142 Å². The number of nitrogens with one attached hydrogen (secondary N) is 2. The highest BCUT2D eigenvalue weighted by atomic mass is 19.1. The predicted molar refractivity (Wildman–Crippen MR) is 91.5 cm³/mol. The van der Waals surface area contributed by atoms with Gasteiger partial charge in [-0.25, -0.2) is 9.37 Å². The minimum Gasteiger partial charge on any atom is -0.437 e. The predicted octanol–water partition coefficient (Wildman–Crippen LogP) is 3.27.